The Bertz CT molecular complexity index is 687. The highest BCUT2D eigenvalue weighted by molar-refractivity contribution is 5.96. The molecule has 8 heteroatoms. The van der Waals surface area contributed by atoms with Gasteiger partial charge < -0.3 is 15.6 Å². The fraction of sp³-hybridized carbons (Fsp3) is 0.400. The fourth-order valence-electron chi connectivity index (χ4n) is 2.64. The van der Waals surface area contributed by atoms with E-state index in [1.54, 1.807) is 12.1 Å². The Morgan fingerprint density at radius 1 is 1.30 bits per heavy atom. The number of carbonyl (C=O) groups is 1. The number of hydrogen-bond acceptors (Lipinski definition) is 4. The molecule has 0 saturated carbocycles. The summed E-state index contributed by atoms with van der Waals surface area (Å²) in [7, 11) is 0. The lowest BCUT2D eigenvalue weighted by molar-refractivity contribution is 0.0948. The summed E-state index contributed by atoms with van der Waals surface area (Å²) in [6.45, 7) is 3.22. The standard InChI is InChI=1S/C15H19N5O.2ClH/c1-10-5-6-11(16)8-12(10)15(21)17-9-14-19-18-13-4-2-3-7-20(13)14;;/h5-6,8H,2-4,7,9,16H2,1H3,(H,17,21);2*1H. The van der Waals surface area contributed by atoms with Gasteiger partial charge in [0.15, 0.2) is 5.82 Å². The molecule has 2 heterocycles. The van der Waals surface area contributed by atoms with Gasteiger partial charge in [-0.3, -0.25) is 4.79 Å². The van der Waals surface area contributed by atoms with Gasteiger partial charge in [0, 0.05) is 24.2 Å². The Kier molecular flexibility index (Phi) is 6.84. The van der Waals surface area contributed by atoms with Crippen molar-refractivity contribution in [1.29, 1.82) is 0 Å². The lowest BCUT2D eigenvalue weighted by Crippen LogP contribution is -2.26. The summed E-state index contributed by atoms with van der Waals surface area (Å²) in [6.07, 6.45) is 3.27. The third-order valence-electron chi connectivity index (χ3n) is 3.85. The number of amides is 1. The molecule has 0 bridgehead atoms. The summed E-state index contributed by atoms with van der Waals surface area (Å²) in [5.74, 6) is 1.71. The van der Waals surface area contributed by atoms with Crippen LogP contribution in [0.4, 0.5) is 5.69 Å². The van der Waals surface area contributed by atoms with Crippen molar-refractivity contribution in [2.24, 2.45) is 0 Å². The zero-order valence-electron chi connectivity index (χ0n) is 12.9. The van der Waals surface area contributed by atoms with Crippen LogP contribution in [-0.4, -0.2) is 20.7 Å². The minimum Gasteiger partial charge on any atom is -0.399 e. The highest BCUT2D eigenvalue weighted by atomic mass is 35.5. The summed E-state index contributed by atoms with van der Waals surface area (Å²) in [6, 6.07) is 5.34. The van der Waals surface area contributed by atoms with Crippen LogP contribution < -0.4 is 11.1 Å². The van der Waals surface area contributed by atoms with Crippen molar-refractivity contribution in [1.82, 2.24) is 20.1 Å². The predicted octanol–water partition coefficient (Wildman–Crippen LogP) is 2.28. The molecular weight excluding hydrogens is 337 g/mol. The smallest absolute Gasteiger partial charge is 0.252 e. The number of nitrogen functional groups attached to an aromatic ring is 1. The number of nitrogens with two attached hydrogens (primary N) is 1. The number of carbonyl (C=O) groups excluding carboxylic acids is 1. The van der Waals surface area contributed by atoms with Gasteiger partial charge >= 0.3 is 0 Å². The lowest BCUT2D eigenvalue weighted by Gasteiger charge is -2.15. The minimum atomic E-state index is -0.132. The van der Waals surface area contributed by atoms with Crippen LogP contribution >= 0.6 is 24.8 Å². The molecule has 0 atom stereocenters. The van der Waals surface area contributed by atoms with Crippen molar-refractivity contribution in [3.8, 4) is 0 Å². The molecule has 2 aromatic rings. The topological polar surface area (TPSA) is 85.8 Å². The number of fused-ring (bicyclic) bond motifs is 1. The van der Waals surface area contributed by atoms with Gasteiger partial charge in [0.1, 0.15) is 5.82 Å². The molecule has 1 aromatic carbocycles. The van der Waals surface area contributed by atoms with E-state index >= 15 is 0 Å². The Balaban J connectivity index is 0.00000132. The molecule has 0 spiro atoms. The first-order chi connectivity index (χ1) is 10.1. The second-order valence-corrected chi connectivity index (χ2v) is 5.40. The molecule has 3 rings (SSSR count). The van der Waals surface area contributed by atoms with E-state index in [4.69, 9.17) is 5.73 Å². The van der Waals surface area contributed by atoms with Gasteiger partial charge in [0.25, 0.3) is 5.91 Å². The lowest BCUT2D eigenvalue weighted by atomic mass is 10.1. The average molecular weight is 358 g/mol. The Morgan fingerprint density at radius 2 is 2.09 bits per heavy atom. The van der Waals surface area contributed by atoms with Crippen molar-refractivity contribution in [3.05, 3.63) is 41.0 Å². The highest BCUT2D eigenvalue weighted by Crippen LogP contribution is 2.15. The molecule has 0 saturated heterocycles. The summed E-state index contributed by atoms with van der Waals surface area (Å²) in [5, 5.41) is 11.3. The molecule has 0 fully saturated rings. The quantitative estimate of drug-likeness (QED) is 0.825. The molecule has 23 heavy (non-hydrogen) atoms. The van der Waals surface area contributed by atoms with Crippen molar-refractivity contribution >= 4 is 36.4 Å². The van der Waals surface area contributed by atoms with Gasteiger partial charge in [-0.2, -0.15) is 0 Å². The number of rotatable bonds is 3. The first-order valence-electron chi connectivity index (χ1n) is 7.20. The first-order valence-corrected chi connectivity index (χ1v) is 7.20. The van der Waals surface area contributed by atoms with Crippen LogP contribution in [0.3, 0.4) is 0 Å². The normalized spacial score (nSPS) is 12.6. The number of aromatic nitrogens is 3. The molecule has 3 N–H and O–H groups in total. The van der Waals surface area contributed by atoms with Gasteiger partial charge in [-0.25, -0.2) is 0 Å². The van der Waals surface area contributed by atoms with Crippen LogP contribution in [0.1, 0.15) is 40.4 Å². The number of anilines is 1. The first kappa shape index (κ1) is 19.3. The van der Waals surface area contributed by atoms with Crippen molar-refractivity contribution in [2.45, 2.75) is 39.3 Å². The second kappa shape index (κ2) is 8.17. The maximum absolute atomic E-state index is 12.3. The molecule has 126 valence electrons. The third-order valence-corrected chi connectivity index (χ3v) is 3.85. The van der Waals surface area contributed by atoms with E-state index < -0.39 is 0 Å². The van der Waals surface area contributed by atoms with Gasteiger partial charge in [-0.05, 0) is 37.5 Å². The Morgan fingerprint density at radius 3 is 2.87 bits per heavy atom. The van der Waals surface area contributed by atoms with Crippen LogP contribution in [0.5, 0.6) is 0 Å². The van der Waals surface area contributed by atoms with E-state index in [9.17, 15) is 4.79 Å². The minimum absolute atomic E-state index is 0. The van der Waals surface area contributed by atoms with Crippen molar-refractivity contribution in [2.75, 3.05) is 5.73 Å². The summed E-state index contributed by atoms with van der Waals surface area (Å²) >= 11 is 0. The third kappa shape index (κ3) is 4.14. The predicted molar refractivity (Wildman–Crippen MR) is 94.2 cm³/mol. The summed E-state index contributed by atoms with van der Waals surface area (Å²) in [4.78, 5) is 12.3. The zero-order valence-corrected chi connectivity index (χ0v) is 14.5. The van der Waals surface area contributed by atoms with Gasteiger partial charge in [-0.1, -0.05) is 6.07 Å². The second-order valence-electron chi connectivity index (χ2n) is 5.40. The van der Waals surface area contributed by atoms with Gasteiger partial charge in [-0.15, -0.1) is 35.0 Å². The molecule has 6 nitrogen and oxygen atoms in total. The van der Waals surface area contributed by atoms with Gasteiger partial charge in [0.2, 0.25) is 0 Å². The molecule has 0 radical (unpaired) electrons. The molecule has 1 aliphatic heterocycles. The monoisotopic (exact) mass is 357 g/mol. The molecule has 1 aromatic heterocycles. The fourth-order valence-corrected chi connectivity index (χ4v) is 2.64. The summed E-state index contributed by atoms with van der Waals surface area (Å²) in [5.41, 5.74) is 7.84. The van der Waals surface area contributed by atoms with E-state index in [1.165, 1.54) is 0 Å². The van der Waals surface area contributed by atoms with E-state index in [0.29, 0.717) is 17.8 Å². The SMILES string of the molecule is Cc1ccc(N)cc1C(=O)NCc1nnc2n1CCCC2.Cl.Cl. The average Bonchev–Trinajstić information content (AvgIpc) is 2.90. The van der Waals surface area contributed by atoms with Gasteiger partial charge in [0.05, 0.1) is 6.54 Å². The van der Waals surface area contributed by atoms with Crippen LogP contribution in [0.25, 0.3) is 0 Å². The largest absolute Gasteiger partial charge is 0.399 e. The van der Waals surface area contributed by atoms with E-state index in [-0.39, 0.29) is 30.7 Å². The number of hydrogen-bond donors (Lipinski definition) is 2. The van der Waals surface area contributed by atoms with Crippen LogP contribution in [0.15, 0.2) is 18.2 Å². The van der Waals surface area contributed by atoms with E-state index in [2.05, 4.69) is 20.1 Å². The van der Waals surface area contributed by atoms with Crippen molar-refractivity contribution in [3.63, 3.8) is 0 Å². The molecule has 1 amide bonds. The zero-order chi connectivity index (χ0) is 14.8. The van der Waals surface area contributed by atoms with Crippen LogP contribution in [0.2, 0.25) is 0 Å². The maximum atomic E-state index is 12.3. The van der Waals surface area contributed by atoms with Crippen LogP contribution in [0, 0.1) is 6.92 Å². The molecule has 0 unspecified atom stereocenters. The van der Waals surface area contributed by atoms with E-state index in [0.717, 1.165) is 43.0 Å². The molecule has 0 aliphatic carbocycles. The maximum Gasteiger partial charge on any atom is 0.252 e. The van der Waals surface area contributed by atoms with Crippen LogP contribution in [-0.2, 0) is 19.5 Å². The summed E-state index contributed by atoms with van der Waals surface area (Å²) < 4.78 is 2.11. The number of aryl methyl sites for hydroxylation is 2. The number of halogens is 2. The number of nitrogens with one attached hydrogen (secondary N) is 1. The number of nitrogens with zero attached hydrogens (tertiary/aromatic N) is 3. The highest BCUT2D eigenvalue weighted by Gasteiger charge is 2.16. The van der Waals surface area contributed by atoms with Crippen molar-refractivity contribution < 1.29 is 4.79 Å². The Labute approximate surface area is 147 Å². The number of benzene rings is 1. The molecular formula is C15H21Cl2N5O. The Hall–Kier alpha value is -1.79. The van der Waals surface area contributed by atoms with E-state index in [1.807, 2.05) is 13.0 Å². The molecule has 1 aliphatic rings.